The summed E-state index contributed by atoms with van der Waals surface area (Å²) in [7, 11) is 3.50. The van der Waals surface area contributed by atoms with E-state index in [0.29, 0.717) is 5.88 Å². The standard InChI is InChI=1S/C13H13BrIN3O/c1-16-11(9-7-8(14)3-4-10(9)15)12-13(19-2)18-6-5-17-12/h3-7,11,16H,1-2H3. The molecule has 6 heteroatoms. The fraction of sp³-hybridized carbons (Fsp3) is 0.231. The zero-order valence-electron chi connectivity index (χ0n) is 10.5. The Balaban J connectivity index is 2.53. The second-order valence-corrected chi connectivity index (χ2v) is 5.92. The largest absolute Gasteiger partial charge is 0.480 e. The fourth-order valence-corrected chi connectivity index (χ4v) is 2.89. The van der Waals surface area contributed by atoms with Crippen molar-refractivity contribution in [3.63, 3.8) is 0 Å². The molecular formula is C13H13BrIN3O. The molecule has 0 fully saturated rings. The molecule has 1 N–H and O–H groups in total. The van der Waals surface area contributed by atoms with E-state index in [1.54, 1.807) is 19.5 Å². The van der Waals surface area contributed by atoms with Gasteiger partial charge in [0.25, 0.3) is 0 Å². The van der Waals surface area contributed by atoms with E-state index in [-0.39, 0.29) is 6.04 Å². The molecule has 0 amide bonds. The van der Waals surface area contributed by atoms with Crippen LogP contribution >= 0.6 is 38.5 Å². The van der Waals surface area contributed by atoms with Crippen LogP contribution in [0, 0.1) is 3.57 Å². The summed E-state index contributed by atoms with van der Waals surface area (Å²) in [5.41, 5.74) is 1.92. The van der Waals surface area contributed by atoms with Crippen molar-refractivity contribution < 1.29 is 4.74 Å². The first kappa shape index (κ1) is 14.7. The highest BCUT2D eigenvalue weighted by Crippen LogP contribution is 2.30. The fourth-order valence-electron chi connectivity index (χ4n) is 1.87. The van der Waals surface area contributed by atoms with Crippen molar-refractivity contribution in [2.45, 2.75) is 6.04 Å². The van der Waals surface area contributed by atoms with Crippen LogP contribution in [0.5, 0.6) is 5.88 Å². The van der Waals surface area contributed by atoms with Crippen LogP contribution in [0.15, 0.2) is 35.1 Å². The summed E-state index contributed by atoms with van der Waals surface area (Å²) in [6.07, 6.45) is 3.30. The topological polar surface area (TPSA) is 47.0 Å². The molecule has 0 radical (unpaired) electrons. The number of rotatable bonds is 4. The smallest absolute Gasteiger partial charge is 0.237 e. The summed E-state index contributed by atoms with van der Waals surface area (Å²) in [6.45, 7) is 0. The predicted octanol–water partition coefficient (Wildman–Crippen LogP) is 3.16. The van der Waals surface area contributed by atoms with Gasteiger partial charge >= 0.3 is 0 Å². The summed E-state index contributed by atoms with van der Waals surface area (Å²) < 4.78 is 7.49. The van der Waals surface area contributed by atoms with Crippen LogP contribution in [0.3, 0.4) is 0 Å². The van der Waals surface area contributed by atoms with Crippen molar-refractivity contribution in [3.8, 4) is 5.88 Å². The molecule has 0 saturated heterocycles. The van der Waals surface area contributed by atoms with Crippen LogP contribution in [-0.4, -0.2) is 24.1 Å². The van der Waals surface area contributed by atoms with Gasteiger partial charge in [-0.2, -0.15) is 0 Å². The van der Waals surface area contributed by atoms with Crippen molar-refractivity contribution in [2.24, 2.45) is 0 Å². The average molecular weight is 434 g/mol. The molecule has 0 aliphatic heterocycles. The predicted molar refractivity (Wildman–Crippen MR) is 86.3 cm³/mol. The van der Waals surface area contributed by atoms with Crippen molar-refractivity contribution in [1.29, 1.82) is 0 Å². The van der Waals surface area contributed by atoms with Gasteiger partial charge in [0.05, 0.1) is 13.2 Å². The summed E-state index contributed by atoms with van der Waals surface area (Å²) in [6, 6.07) is 6.10. The first-order valence-electron chi connectivity index (χ1n) is 5.64. The van der Waals surface area contributed by atoms with E-state index in [0.717, 1.165) is 19.3 Å². The van der Waals surface area contributed by atoms with Gasteiger partial charge < -0.3 is 10.1 Å². The molecule has 0 aliphatic rings. The van der Waals surface area contributed by atoms with E-state index >= 15 is 0 Å². The number of aromatic nitrogens is 2. The second kappa shape index (κ2) is 6.62. The van der Waals surface area contributed by atoms with Gasteiger partial charge in [-0.3, -0.25) is 4.98 Å². The molecule has 0 aliphatic carbocycles. The third kappa shape index (κ3) is 3.24. The van der Waals surface area contributed by atoms with Crippen LogP contribution in [0.2, 0.25) is 0 Å². The molecule has 0 spiro atoms. The molecule has 100 valence electrons. The number of methoxy groups -OCH3 is 1. The number of nitrogens with zero attached hydrogens (tertiary/aromatic N) is 2. The molecule has 1 heterocycles. The Labute approximate surface area is 134 Å². The Morgan fingerprint density at radius 3 is 2.74 bits per heavy atom. The van der Waals surface area contributed by atoms with Crippen molar-refractivity contribution in [3.05, 3.63) is 49.9 Å². The van der Waals surface area contributed by atoms with Crippen LogP contribution < -0.4 is 10.1 Å². The minimum atomic E-state index is -0.0620. The van der Waals surface area contributed by atoms with Crippen molar-refractivity contribution in [2.75, 3.05) is 14.2 Å². The van der Waals surface area contributed by atoms with E-state index in [4.69, 9.17) is 4.74 Å². The highest BCUT2D eigenvalue weighted by molar-refractivity contribution is 14.1. The van der Waals surface area contributed by atoms with Gasteiger partial charge in [0.1, 0.15) is 5.69 Å². The lowest BCUT2D eigenvalue weighted by Gasteiger charge is -2.19. The van der Waals surface area contributed by atoms with Crippen LogP contribution in [0.1, 0.15) is 17.3 Å². The van der Waals surface area contributed by atoms with E-state index in [1.165, 1.54) is 0 Å². The zero-order chi connectivity index (χ0) is 13.8. The molecule has 19 heavy (non-hydrogen) atoms. The van der Waals surface area contributed by atoms with E-state index in [2.05, 4.69) is 65.9 Å². The Kier molecular flexibility index (Phi) is 5.12. The van der Waals surface area contributed by atoms with Crippen molar-refractivity contribution in [1.82, 2.24) is 15.3 Å². The average Bonchev–Trinajstić information content (AvgIpc) is 2.44. The first-order chi connectivity index (χ1) is 9.17. The Hall–Kier alpha value is -0.730. The minimum Gasteiger partial charge on any atom is -0.480 e. The molecule has 1 atom stereocenters. The maximum atomic E-state index is 5.29. The third-order valence-electron chi connectivity index (χ3n) is 2.72. The quantitative estimate of drug-likeness (QED) is 0.752. The molecule has 2 aromatic rings. The number of benzene rings is 1. The summed E-state index contributed by atoms with van der Waals surface area (Å²) in [5, 5.41) is 3.27. The molecule has 1 aromatic carbocycles. The van der Waals surface area contributed by atoms with Gasteiger partial charge in [0, 0.05) is 20.4 Å². The highest BCUT2D eigenvalue weighted by Gasteiger charge is 2.21. The third-order valence-corrected chi connectivity index (χ3v) is 4.19. The van der Waals surface area contributed by atoms with Gasteiger partial charge in [-0.15, -0.1) is 0 Å². The van der Waals surface area contributed by atoms with Gasteiger partial charge in [-0.1, -0.05) is 15.9 Å². The number of ether oxygens (including phenoxy) is 1. The Morgan fingerprint density at radius 2 is 2.05 bits per heavy atom. The molecule has 1 unspecified atom stereocenters. The van der Waals surface area contributed by atoms with Gasteiger partial charge in [0.15, 0.2) is 0 Å². The molecule has 2 rings (SSSR count). The van der Waals surface area contributed by atoms with Crippen LogP contribution in [0.4, 0.5) is 0 Å². The van der Waals surface area contributed by atoms with Crippen LogP contribution in [0.25, 0.3) is 0 Å². The SMILES string of the molecule is CNC(c1cc(Br)ccc1I)c1nccnc1OC. The number of halogens is 2. The maximum Gasteiger partial charge on any atom is 0.237 e. The molecule has 1 aromatic heterocycles. The lowest BCUT2D eigenvalue weighted by Crippen LogP contribution is -2.21. The minimum absolute atomic E-state index is 0.0620. The van der Waals surface area contributed by atoms with Crippen LogP contribution in [-0.2, 0) is 0 Å². The van der Waals surface area contributed by atoms with Crippen molar-refractivity contribution >= 4 is 38.5 Å². The molecule has 4 nitrogen and oxygen atoms in total. The van der Waals surface area contributed by atoms with E-state index in [1.807, 2.05) is 13.1 Å². The number of nitrogens with one attached hydrogen (secondary N) is 1. The second-order valence-electron chi connectivity index (χ2n) is 3.84. The Bertz CT molecular complexity index is 580. The summed E-state index contributed by atoms with van der Waals surface area (Å²) >= 11 is 5.82. The first-order valence-corrected chi connectivity index (χ1v) is 7.51. The molecular weight excluding hydrogens is 421 g/mol. The number of hydrogen-bond donors (Lipinski definition) is 1. The van der Waals surface area contributed by atoms with E-state index in [9.17, 15) is 0 Å². The monoisotopic (exact) mass is 433 g/mol. The zero-order valence-corrected chi connectivity index (χ0v) is 14.3. The molecule has 0 saturated carbocycles. The lowest BCUT2D eigenvalue weighted by molar-refractivity contribution is 0.384. The molecule has 0 bridgehead atoms. The maximum absolute atomic E-state index is 5.29. The summed E-state index contributed by atoms with van der Waals surface area (Å²) in [5.74, 6) is 0.539. The van der Waals surface area contributed by atoms with Gasteiger partial charge in [-0.05, 0) is 53.4 Å². The number of hydrogen-bond acceptors (Lipinski definition) is 4. The lowest BCUT2D eigenvalue weighted by atomic mass is 10.0. The van der Waals surface area contributed by atoms with E-state index < -0.39 is 0 Å². The highest BCUT2D eigenvalue weighted by atomic mass is 127. The summed E-state index contributed by atoms with van der Waals surface area (Å²) in [4.78, 5) is 8.60. The normalized spacial score (nSPS) is 12.2. The van der Waals surface area contributed by atoms with Gasteiger partial charge in [-0.25, -0.2) is 4.98 Å². The Morgan fingerprint density at radius 1 is 1.32 bits per heavy atom. The van der Waals surface area contributed by atoms with Gasteiger partial charge in [0.2, 0.25) is 5.88 Å².